The topological polar surface area (TPSA) is 73.9 Å². The molecule has 0 bridgehead atoms. The number of nitrogens with one attached hydrogen (secondary N) is 1. The van der Waals surface area contributed by atoms with Gasteiger partial charge >= 0.3 is 12.1 Å². The summed E-state index contributed by atoms with van der Waals surface area (Å²) in [6, 6.07) is 8.95. The summed E-state index contributed by atoms with van der Waals surface area (Å²) in [5.74, 6) is -0.527. The van der Waals surface area contributed by atoms with Crippen molar-refractivity contribution in [3.63, 3.8) is 0 Å². The molecule has 0 radical (unpaired) electrons. The monoisotopic (exact) mass is 321 g/mol. The van der Waals surface area contributed by atoms with Gasteiger partial charge in [-0.2, -0.15) is 0 Å². The lowest BCUT2D eigenvalue weighted by Gasteiger charge is -2.19. The summed E-state index contributed by atoms with van der Waals surface area (Å²) in [4.78, 5) is 23.5. The molecule has 0 aromatic heterocycles. The number of methoxy groups -OCH3 is 2. The maximum Gasteiger partial charge on any atom is 0.407 e. The van der Waals surface area contributed by atoms with Gasteiger partial charge in [0.2, 0.25) is 5.76 Å². The second kappa shape index (κ2) is 9.50. The summed E-state index contributed by atoms with van der Waals surface area (Å²) >= 11 is 0. The van der Waals surface area contributed by atoms with E-state index < -0.39 is 18.1 Å². The quantitative estimate of drug-likeness (QED) is 0.475. The van der Waals surface area contributed by atoms with E-state index in [0.29, 0.717) is 0 Å². The first kappa shape index (κ1) is 18.5. The Morgan fingerprint density at radius 1 is 1.13 bits per heavy atom. The van der Waals surface area contributed by atoms with Crippen LogP contribution in [0.3, 0.4) is 0 Å². The smallest absolute Gasteiger partial charge is 0.407 e. The van der Waals surface area contributed by atoms with Crippen molar-refractivity contribution < 1.29 is 23.8 Å². The number of hydrogen-bond acceptors (Lipinski definition) is 5. The Balaban J connectivity index is 2.66. The van der Waals surface area contributed by atoms with Crippen molar-refractivity contribution in [2.75, 3.05) is 14.2 Å². The zero-order valence-electron chi connectivity index (χ0n) is 13.9. The summed E-state index contributed by atoms with van der Waals surface area (Å²) in [5.41, 5.74) is 0.895. The average molecular weight is 321 g/mol. The minimum absolute atomic E-state index is 0.0362. The van der Waals surface area contributed by atoms with Crippen LogP contribution >= 0.6 is 0 Å². The van der Waals surface area contributed by atoms with Crippen molar-refractivity contribution in [1.82, 2.24) is 5.32 Å². The van der Waals surface area contributed by atoms with E-state index in [2.05, 4.69) is 10.1 Å². The fraction of sp³-hybridized carbons (Fsp3) is 0.412. The lowest BCUT2D eigenvalue weighted by Crippen LogP contribution is -2.38. The van der Waals surface area contributed by atoms with Gasteiger partial charge < -0.3 is 19.5 Å². The van der Waals surface area contributed by atoms with E-state index >= 15 is 0 Å². The Morgan fingerprint density at radius 3 is 2.30 bits per heavy atom. The Morgan fingerprint density at radius 2 is 1.78 bits per heavy atom. The molecule has 1 amide bonds. The van der Waals surface area contributed by atoms with E-state index in [1.54, 1.807) is 0 Å². The molecular formula is C17H23NO5. The van der Waals surface area contributed by atoms with Gasteiger partial charge in [0, 0.05) is 0 Å². The lowest BCUT2D eigenvalue weighted by atomic mass is 10.0. The maximum absolute atomic E-state index is 11.9. The number of benzene rings is 1. The molecule has 126 valence electrons. The SMILES string of the molecule is COC(=O)/C(=C/[C@@H](NC(=O)OCc1ccccc1)C(C)C)OC. The van der Waals surface area contributed by atoms with Gasteiger partial charge in [-0.25, -0.2) is 9.59 Å². The maximum atomic E-state index is 11.9. The molecule has 23 heavy (non-hydrogen) atoms. The molecule has 1 rings (SSSR count). The van der Waals surface area contributed by atoms with Crippen molar-refractivity contribution in [2.24, 2.45) is 5.92 Å². The number of esters is 1. The third kappa shape index (κ3) is 6.42. The Bertz CT molecular complexity index is 539. The fourth-order valence-corrected chi connectivity index (χ4v) is 1.78. The van der Waals surface area contributed by atoms with Crippen molar-refractivity contribution in [2.45, 2.75) is 26.5 Å². The number of rotatable bonds is 7. The van der Waals surface area contributed by atoms with Crippen LogP contribution in [-0.4, -0.2) is 32.3 Å². The first-order chi connectivity index (χ1) is 11.0. The van der Waals surface area contributed by atoms with E-state index in [1.165, 1.54) is 20.3 Å². The molecule has 0 aliphatic heterocycles. The van der Waals surface area contributed by atoms with Crippen molar-refractivity contribution >= 4 is 12.1 Å². The van der Waals surface area contributed by atoms with Gasteiger partial charge in [-0.1, -0.05) is 44.2 Å². The van der Waals surface area contributed by atoms with E-state index in [4.69, 9.17) is 9.47 Å². The molecule has 6 nitrogen and oxygen atoms in total. The highest BCUT2D eigenvalue weighted by molar-refractivity contribution is 5.86. The molecule has 0 aliphatic rings. The van der Waals surface area contributed by atoms with Gasteiger partial charge in [-0.05, 0) is 17.6 Å². The molecule has 0 saturated carbocycles. The first-order valence-electron chi connectivity index (χ1n) is 7.29. The molecule has 0 fully saturated rings. The predicted molar refractivity (Wildman–Crippen MR) is 85.5 cm³/mol. The summed E-state index contributed by atoms with van der Waals surface area (Å²) in [6.07, 6.45) is 0.949. The lowest BCUT2D eigenvalue weighted by molar-refractivity contribution is -0.139. The second-order valence-electron chi connectivity index (χ2n) is 5.20. The zero-order valence-corrected chi connectivity index (χ0v) is 13.9. The predicted octanol–water partition coefficient (Wildman–Crippen LogP) is 2.64. The molecule has 0 unspecified atom stereocenters. The van der Waals surface area contributed by atoms with E-state index in [9.17, 15) is 9.59 Å². The van der Waals surface area contributed by atoms with Crippen LogP contribution in [0.4, 0.5) is 4.79 Å². The van der Waals surface area contributed by atoms with Gasteiger partial charge in [0.1, 0.15) is 6.61 Å². The van der Waals surface area contributed by atoms with E-state index in [1.807, 2.05) is 44.2 Å². The molecule has 0 aliphatic carbocycles. The van der Waals surface area contributed by atoms with Crippen molar-refractivity contribution in [3.8, 4) is 0 Å². The molecule has 1 N–H and O–H groups in total. The van der Waals surface area contributed by atoms with Gasteiger partial charge in [0.25, 0.3) is 0 Å². The molecule has 1 aromatic rings. The Kier molecular flexibility index (Phi) is 7.66. The number of alkyl carbamates (subject to hydrolysis) is 1. The van der Waals surface area contributed by atoms with Crippen LogP contribution in [-0.2, 0) is 25.6 Å². The normalized spacial score (nSPS) is 12.5. The van der Waals surface area contributed by atoms with Crippen molar-refractivity contribution in [3.05, 3.63) is 47.7 Å². The first-order valence-corrected chi connectivity index (χ1v) is 7.29. The largest absolute Gasteiger partial charge is 0.490 e. The van der Waals surface area contributed by atoms with Crippen molar-refractivity contribution in [1.29, 1.82) is 0 Å². The molecule has 0 heterocycles. The van der Waals surface area contributed by atoms with Crippen LogP contribution < -0.4 is 5.32 Å². The van der Waals surface area contributed by atoms with Crippen LogP contribution in [0.1, 0.15) is 19.4 Å². The average Bonchev–Trinajstić information content (AvgIpc) is 2.56. The summed E-state index contributed by atoms with van der Waals surface area (Å²) < 4.78 is 14.8. The Labute approximate surface area is 136 Å². The molecule has 0 spiro atoms. The minimum Gasteiger partial charge on any atom is -0.490 e. The van der Waals surface area contributed by atoms with Crippen LogP contribution in [0, 0.1) is 5.92 Å². The molecule has 0 saturated heterocycles. The van der Waals surface area contributed by atoms with Crippen LogP contribution in [0.25, 0.3) is 0 Å². The zero-order chi connectivity index (χ0) is 17.2. The second-order valence-corrected chi connectivity index (χ2v) is 5.20. The Hall–Kier alpha value is -2.50. The van der Waals surface area contributed by atoms with Crippen LogP contribution in [0.5, 0.6) is 0 Å². The summed E-state index contributed by atoms with van der Waals surface area (Å²) in [6.45, 7) is 3.99. The third-order valence-electron chi connectivity index (χ3n) is 3.15. The van der Waals surface area contributed by atoms with Gasteiger partial charge in [-0.3, -0.25) is 0 Å². The third-order valence-corrected chi connectivity index (χ3v) is 3.15. The summed E-state index contributed by atoms with van der Waals surface area (Å²) in [5, 5.41) is 2.71. The highest BCUT2D eigenvalue weighted by Gasteiger charge is 2.19. The molecule has 1 aromatic carbocycles. The van der Waals surface area contributed by atoms with E-state index in [0.717, 1.165) is 5.56 Å². The standard InChI is InChI=1S/C17H23NO5/c1-12(2)14(10-15(21-3)16(19)22-4)18-17(20)23-11-13-8-6-5-7-9-13/h5-10,12,14H,11H2,1-4H3,(H,18,20)/b15-10-/t14-/m1/s1. The molecule has 6 heteroatoms. The van der Waals surface area contributed by atoms with Gasteiger partial charge in [0.15, 0.2) is 0 Å². The minimum atomic E-state index is -0.599. The summed E-state index contributed by atoms with van der Waals surface area (Å²) in [7, 11) is 2.63. The number of carbonyl (C=O) groups excluding carboxylic acids is 2. The van der Waals surface area contributed by atoms with Gasteiger partial charge in [-0.15, -0.1) is 0 Å². The number of amides is 1. The fourth-order valence-electron chi connectivity index (χ4n) is 1.78. The van der Waals surface area contributed by atoms with Gasteiger partial charge in [0.05, 0.1) is 20.3 Å². The van der Waals surface area contributed by atoms with Crippen LogP contribution in [0.15, 0.2) is 42.2 Å². The number of ether oxygens (including phenoxy) is 3. The number of carbonyl (C=O) groups is 2. The molecular weight excluding hydrogens is 298 g/mol. The highest BCUT2D eigenvalue weighted by atomic mass is 16.6. The molecule has 1 atom stereocenters. The van der Waals surface area contributed by atoms with Crippen LogP contribution in [0.2, 0.25) is 0 Å². The van der Waals surface area contributed by atoms with E-state index in [-0.39, 0.29) is 18.3 Å². The highest BCUT2D eigenvalue weighted by Crippen LogP contribution is 2.09. The number of hydrogen-bond donors (Lipinski definition) is 1.